The van der Waals surface area contributed by atoms with Gasteiger partial charge in [-0.3, -0.25) is 4.79 Å². The number of aliphatic carboxylic acids is 2. The number of carbonyl (C=O) groups is 3. The molecule has 0 atom stereocenters. The Balaban J connectivity index is 0.000000656. The van der Waals surface area contributed by atoms with Crippen LogP contribution in [-0.2, 0) is 29.1 Å². The molecule has 0 unspecified atom stereocenters. The molecule has 12 heteroatoms. The van der Waals surface area contributed by atoms with E-state index < -0.39 is 22.0 Å². The summed E-state index contributed by atoms with van der Waals surface area (Å²) in [4.78, 5) is 32.3. The Morgan fingerprint density at radius 2 is 1.57 bits per heavy atom. The summed E-state index contributed by atoms with van der Waals surface area (Å²) >= 11 is 0. The molecule has 1 aliphatic heterocycles. The first-order valence-corrected chi connectivity index (χ1v) is 10.5. The van der Waals surface area contributed by atoms with E-state index in [-0.39, 0.29) is 12.5 Å². The van der Waals surface area contributed by atoms with Crippen molar-refractivity contribution in [2.24, 2.45) is 0 Å². The minimum atomic E-state index is -3.49. The molecule has 1 aromatic carbocycles. The molecule has 3 N–H and O–H groups in total. The summed E-state index contributed by atoms with van der Waals surface area (Å²) in [6, 6.07) is 6.83. The average molecular weight is 445 g/mol. The van der Waals surface area contributed by atoms with Crippen LogP contribution in [-0.4, -0.2) is 98.7 Å². The van der Waals surface area contributed by atoms with Gasteiger partial charge in [0.05, 0.1) is 18.0 Å². The summed E-state index contributed by atoms with van der Waals surface area (Å²) in [7, 11) is -1.88. The van der Waals surface area contributed by atoms with E-state index in [4.69, 9.17) is 24.5 Å². The minimum absolute atomic E-state index is 0.0153. The minimum Gasteiger partial charge on any atom is -0.473 e. The molecule has 1 fully saturated rings. The van der Waals surface area contributed by atoms with Crippen LogP contribution in [0.15, 0.2) is 29.2 Å². The third-order valence-corrected chi connectivity index (χ3v) is 6.11. The van der Waals surface area contributed by atoms with E-state index in [1.807, 2.05) is 6.92 Å². The Morgan fingerprint density at radius 1 is 1.03 bits per heavy atom. The fourth-order valence-electron chi connectivity index (χ4n) is 2.52. The van der Waals surface area contributed by atoms with Gasteiger partial charge in [0.1, 0.15) is 0 Å². The predicted molar refractivity (Wildman–Crippen MR) is 107 cm³/mol. The second kappa shape index (κ2) is 12.2. The second-order valence-electron chi connectivity index (χ2n) is 6.38. The van der Waals surface area contributed by atoms with Crippen molar-refractivity contribution in [2.75, 3.05) is 53.0 Å². The molecule has 1 aliphatic rings. The first kappa shape index (κ1) is 25.5. The molecule has 2 rings (SSSR count). The Hall–Kier alpha value is -2.54. The van der Waals surface area contributed by atoms with Crippen LogP contribution in [0.5, 0.6) is 0 Å². The molecule has 11 nitrogen and oxygen atoms in total. The van der Waals surface area contributed by atoms with Gasteiger partial charge in [-0.15, -0.1) is 0 Å². The van der Waals surface area contributed by atoms with Crippen LogP contribution in [0, 0.1) is 6.92 Å². The Kier molecular flexibility index (Phi) is 10.4. The summed E-state index contributed by atoms with van der Waals surface area (Å²) in [6.45, 7) is 4.79. The molecule has 1 amide bonds. The van der Waals surface area contributed by atoms with Gasteiger partial charge >= 0.3 is 11.9 Å². The van der Waals surface area contributed by atoms with Crippen molar-refractivity contribution in [3.8, 4) is 0 Å². The van der Waals surface area contributed by atoms with Crippen molar-refractivity contribution in [3.63, 3.8) is 0 Å². The van der Waals surface area contributed by atoms with E-state index in [1.165, 1.54) is 4.31 Å². The van der Waals surface area contributed by atoms with Crippen LogP contribution in [0.2, 0.25) is 0 Å². The highest BCUT2D eigenvalue weighted by atomic mass is 32.2. The maximum atomic E-state index is 12.6. The first-order valence-electron chi connectivity index (χ1n) is 9.10. The molecule has 30 heavy (non-hydrogen) atoms. The van der Waals surface area contributed by atoms with E-state index in [1.54, 1.807) is 36.3 Å². The summed E-state index contributed by atoms with van der Waals surface area (Å²) in [5, 5.41) is 17.8. The number of nitrogens with zero attached hydrogens (tertiary/aromatic N) is 2. The summed E-state index contributed by atoms with van der Waals surface area (Å²) in [5.74, 6) is -3.66. The number of hydrogen-bond donors (Lipinski definition) is 3. The molecule has 0 radical (unpaired) electrons. The lowest BCUT2D eigenvalue weighted by Gasteiger charge is -2.34. The van der Waals surface area contributed by atoms with Crippen molar-refractivity contribution in [2.45, 2.75) is 11.8 Å². The number of ether oxygens (including phenoxy) is 1. The van der Waals surface area contributed by atoms with Crippen LogP contribution in [0.4, 0.5) is 0 Å². The lowest BCUT2D eigenvalue weighted by Crippen LogP contribution is -2.52. The van der Waals surface area contributed by atoms with Gasteiger partial charge in [-0.2, -0.15) is 4.31 Å². The number of carboxylic acid groups (broad SMARTS) is 2. The number of carbonyl (C=O) groups excluding carboxylic acids is 1. The topological polar surface area (TPSA) is 154 Å². The molecule has 0 bridgehead atoms. The number of rotatable bonds is 7. The largest absolute Gasteiger partial charge is 0.473 e. The van der Waals surface area contributed by atoms with Crippen molar-refractivity contribution >= 4 is 27.9 Å². The molecule has 168 valence electrons. The number of aryl methyl sites for hydroxylation is 1. The third kappa shape index (κ3) is 8.06. The van der Waals surface area contributed by atoms with Crippen molar-refractivity contribution < 1.29 is 37.8 Å². The number of amides is 1. The van der Waals surface area contributed by atoms with Crippen molar-refractivity contribution in [1.82, 2.24) is 14.5 Å². The Bertz CT molecular complexity index is 806. The van der Waals surface area contributed by atoms with Gasteiger partial charge in [-0.05, 0) is 19.1 Å². The highest BCUT2D eigenvalue weighted by Crippen LogP contribution is 2.18. The summed E-state index contributed by atoms with van der Waals surface area (Å²) in [5.41, 5.74) is 1.02. The fourth-order valence-corrected chi connectivity index (χ4v) is 3.94. The Labute approximate surface area is 175 Å². The quantitative estimate of drug-likeness (QED) is 0.362. The standard InChI is InChI=1S/C16H25N3O4S.C2H2O4/c1-14-3-5-15(6-4-14)24(21,22)19-10-8-18(9-11-19)16(20)13-17-7-12-23-2;3-1(4)2(5)6/h3-6,17H,7-13H2,1-2H3;(H,3,4)(H,5,6). The summed E-state index contributed by atoms with van der Waals surface area (Å²) < 4.78 is 31.6. The van der Waals surface area contributed by atoms with Crippen molar-refractivity contribution in [3.05, 3.63) is 29.8 Å². The van der Waals surface area contributed by atoms with E-state index in [0.29, 0.717) is 44.2 Å². The molecular weight excluding hydrogens is 418 g/mol. The van der Waals surface area contributed by atoms with Crippen LogP contribution < -0.4 is 5.32 Å². The molecule has 0 aliphatic carbocycles. The first-order chi connectivity index (χ1) is 14.1. The van der Waals surface area contributed by atoms with Gasteiger partial charge in [-0.25, -0.2) is 18.0 Å². The maximum absolute atomic E-state index is 12.6. The van der Waals surface area contributed by atoms with Gasteiger partial charge in [0.2, 0.25) is 15.9 Å². The molecular formula is C18H27N3O8S. The molecule has 1 heterocycles. The van der Waals surface area contributed by atoms with Gasteiger partial charge in [0, 0.05) is 39.8 Å². The number of hydrogen-bond acceptors (Lipinski definition) is 7. The van der Waals surface area contributed by atoms with Gasteiger partial charge < -0.3 is 25.2 Å². The number of nitrogens with one attached hydrogen (secondary N) is 1. The van der Waals surface area contributed by atoms with E-state index in [2.05, 4.69) is 5.32 Å². The normalized spacial score (nSPS) is 14.5. The maximum Gasteiger partial charge on any atom is 0.414 e. The monoisotopic (exact) mass is 445 g/mol. The SMILES string of the molecule is COCCNCC(=O)N1CCN(S(=O)(=O)c2ccc(C)cc2)CC1.O=C(O)C(=O)O. The van der Waals surface area contributed by atoms with Crippen molar-refractivity contribution in [1.29, 1.82) is 0 Å². The zero-order chi connectivity index (χ0) is 22.7. The zero-order valence-corrected chi connectivity index (χ0v) is 17.7. The molecule has 0 saturated carbocycles. The molecule has 1 aromatic rings. The van der Waals surface area contributed by atoms with Gasteiger partial charge in [0.15, 0.2) is 0 Å². The van der Waals surface area contributed by atoms with E-state index in [9.17, 15) is 13.2 Å². The molecule has 0 aromatic heterocycles. The molecule has 1 saturated heterocycles. The smallest absolute Gasteiger partial charge is 0.414 e. The van der Waals surface area contributed by atoms with Crippen LogP contribution in [0.3, 0.4) is 0 Å². The highest BCUT2D eigenvalue weighted by Gasteiger charge is 2.29. The van der Waals surface area contributed by atoms with Gasteiger partial charge in [0.25, 0.3) is 0 Å². The molecule has 0 spiro atoms. The van der Waals surface area contributed by atoms with E-state index in [0.717, 1.165) is 5.56 Å². The predicted octanol–water partition coefficient (Wildman–Crippen LogP) is -0.780. The summed E-state index contributed by atoms with van der Waals surface area (Å²) in [6.07, 6.45) is 0. The number of sulfonamides is 1. The number of piperazine rings is 1. The number of methoxy groups -OCH3 is 1. The average Bonchev–Trinajstić information content (AvgIpc) is 2.72. The van der Waals surface area contributed by atoms with Gasteiger partial charge in [-0.1, -0.05) is 17.7 Å². The fraction of sp³-hybridized carbons (Fsp3) is 0.500. The lowest BCUT2D eigenvalue weighted by molar-refractivity contribution is -0.159. The lowest BCUT2D eigenvalue weighted by atomic mass is 10.2. The zero-order valence-electron chi connectivity index (χ0n) is 16.9. The number of benzene rings is 1. The van der Waals surface area contributed by atoms with Crippen LogP contribution >= 0.6 is 0 Å². The van der Waals surface area contributed by atoms with Crippen LogP contribution in [0.1, 0.15) is 5.56 Å². The Morgan fingerprint density at radius 3 is 2.03 bits per heavy atom. The highest BCUT2D eigenvalue weighted by molar-refractivity contribution is 7.89. The second-order valence-corrected chi connectivity index (χ2v) is 8.32. The van der Waals surface area contributed by atoms with Crippen LogP contribution in [0.25, 0.3) is 0 Å². The third-order valence-electron chi connectivity index (χ3n) is 4.19. The van der Waals surface area contributed by atoms with E-state index >= 15 is 0 Å². The number of carboxylic acids is 2.